The fourth-order valence-electron chi connectivity index (χ4n) is 2.15. The van der Waals surface area contributed by atoms with Crippen LogP contribution in [0.5, 0.6) is 17.2 Å². The van der Waals surface area contributed by atoms with Crippen LogP contribution < -0.4 is 19.5 Å². The van der Waals surface area contributed by atoms with Crippen LogP contribution in [0.2, 0.25) is 5.02 Å². The van der Waals surface area contributed by atoms with Gasteiger partial charge in [0.25, 0.3) is 5.91 Å². The smallest absolute Gasteiger partial charge is 0.251 e. The molecule has 1 N–H and O–H groups in total. The summed E-state index contributed by atoms with van der Waals surface area (Å²) in [6, 6.07) is 10.2. The molecule has 2 aromatic rings. The molecule has 0 radical (unpaired) electrons. The standard InChI is InChI=1S/C17H18ClNO4/c1-21-13-8-15(22-2)14(16(9-13)23-3)10-19-17(20)11-5-4-6-12(18)7-11/h4-9H,10H2,1-3H3,(H,19,20). The maximum absolute atomic E-state index is 12.2. The Kier molecular flexibility index (Phi) is 5.71. The lowest BCUT2D eigenvalue weighted by molar-refractivity contribution is 0.0950. The maximum Gasteiger partial charge on any atom is 0.251 e. The van der Waals surface area contributed by atoms with Gasteiger partial charge in [0.15, 0.2) is 0 Å². The van der Waals surface area contributed by atoms with Crippen molar-refractivity contribution < 1.29 is 19.0 Å². The lowest BCUT2D eigenvalue weighted by Crippen LogP contribution is -2.23. The molecule has 23 heavy (non-hydrogen) atoms. The first kappa shape index (κ1) is 17.0. The van der Waals surface area contributed by atoms with Crippen LogP contribution in [0.4, 0.5) is 0 Å². The van der Waals surface area contributed by atoms with E-state index in [9.17, 15) is 4.79 Å². The molecule has 0 atom stereocenters. The number of rotatable bonds is 6. The summed E-state index contributed by atoms with van der Waals surface area (Å²) in [6.07, 6.45) is 0. The highest BCUT2D eigenvalue weighted by Crippen LogP contribution is 2.33. The predicted molar refractivity (Wildman–Crippen MR) is 88.7 cm³/mol. The molecular formula is C17H18ClNO4. The molecule has 0 aliphatic rings. The Hall–Kier alpha value is -2.40. The molecule has 0 heterocycles. The Bertz CT molecular complexity index is 678. The Labute approximate surface area is 140 Å². The van der Waals surface area contributed by atoms with Crippen molar-refractivity contribution in [3.05, 3.63) is 52.5 Å². The van der Waals surface area contributed by atoms with Gasteiger partial charge in [-0.2, -0.15) is 0 Å². The number of ether oxygens (including phenoxy) is 3. The molecule has 0 saturated heterocycles. The molecule has 0 unspecified atom stereocenters. The van der Waals surface area contributed by atoms with E-state index in [1.807, 2.05) is 0 Å². The third-order valence-corrected chi connectivity index (χ3v) is 3.56. The van der Waals surface area contributed by atoms with Gasteiger partial charge in [0.05, 0.1) is 33.4 Å². The number of benzene rings is 2. The summed E-state index contributed by atoms with van der Waals surface area (Å²) in [5.41, 5.74) is 1.22. The summed E-state index contributed by atoms with van der Waals surface area (Å²) in [6.45, 7) is 0.252. The Morgan fingerprint density at radius 1 is 1.04 bits per heavy atom. The first-order valence-electron chi connectivity index (χ1n) is 6.91. The van der Waals surface area contributed by atoms with E-state index in [4.69, 9.17) is 25.8 Å². The number of carbonyl (C=O) groups is 1. The van der Waals surface area contributed by atoms with Crippen LogP contribution in [0, 0.1) is 0 Å². The Morgan fingerprint density at radius 2 is 1.70 bits per heavy atom. The van der Waals surface area contributed by atoms with E-state index < -0.39 is 0 Å². The summed E-state index contributed by atoms with van der Waals surface area (Å²) in [7, 11) is 4.67. The van der Waals surface area contributed by atoms with Crippen molar-refractivity contribution in [1.82, 2.24) is 5.32 Å². The number of hydrogen-bond donors (Lipinski definition) is 1. The summed E-state index contributed by atoms with van der Waals surface area (Å²) in [5, 5.41) is 3.34. The van der Waals surface area contributed by atoms with Gasteiger partial charge in [-0.1, -0.05) is 17.7 Å². The van der Waals surface area contributed by atoms with Crippen molar-refractivity contribution >= 4 is 17.5 Å². The summed E-state index contributed by atoms with van der Waals surface area (Å²) in [4.78, 5) is 12.2. The highest BCUT2D eigenvalue weighted by atomic mass is 35.5. The van der Waals surface area contributed by atoms with Crippen LogP contribution in [0.15, 0.2) is 36.4 Å². The minimum absolute atomic E-state index is 0.229. The molecule has 0 aliphatic heterocycles. The number of hydrogen-bond acceptors (Lipinski definition) is 4. The van der Waals surface area contributed by atoms with Gasteiger partial charge in [0, 0.05) is 22.7 Å². The van der Waals surface area contributed by atoms with E-state index in [1.165, 1.54) is 0 Å². The molecular weight excluding hydrogens is 318 g/mol. The van der Waals surface area contributed by atoms with Crippen molar-refractivity contribution in [2.24, 2.45) is 0 Å². The molecule has 1 amide bonds. The number of methoxy groups -OCH3 is 3. The molecule has 0 aromatic heterocycles. The summed E-state index contributed by atoms with van der Waals surface area (Å²) < 4.78 is 15.9. The molecule has 0 fully saturated rings. The van der Waals surface area contributed by atoms with Gasteiger partial charge < -0.3 is 19.5 Å². The summed E-state index contributed by atoms with van der Waals surface area (Å²) in [5.74, 6) is 1.54. The summed E-state index contributed by atoms with van der Waals surface area (Å²) >= 11 is 5.90. The number of halogens is 1. The first-order chi connectivity index (χ1) is 11.1. The van der Waals surface area contributed by atoms with Gasteiger partial charge in [-0.25, -0.2) is 0 Å². The van der Waals surface area contributed by atoms with E-state index in [0.29, 0.717) is 27.8 Å². The molecule has 2 aromatic carbocycles. The van der Waals surface area contributed by atoms with E-state index in [2.05, 4.69) is 5.32 Å². The van der Waals surface area contributed by atoms with Crippen LogP contribution in [-0.4, -0.2) is 27.2 Å². The number of amides is 1. The van der Waals surface area contributed by atoms with Crippen molar-refractivity contribution in [2.45, 2.75) is 6.54 Å². The number of carbonyl (C=O) groups excluding carboxylic acids is 1. The highest BCUT2D eigenvalue weighted by molar-refractivity contribution is 6.30. The molecule has 0 aliphatic carbocycles. The molecule has 0 saturated carbocycles. The average molecular weight is 336 g/mol. The highest BCUT2D eigenvalue weighted by Gasteiger charge is 2.15. The van der Waals surface area contributed by atoms with E-state index >= 15 is 0 Å². The average Bonchev–Trinajstić information content (AvgIpc) is 2.58. The van der Waals surface area contributed by atoms with Crippen molar-refractivity contribution in [1.29, 1.82) is 0 Å². The second-order valence-corrected chi connectivity index (χ2v) is 5.14. The molecule has 5 nitrogen and oxygen atoms in total. The Morgan fingerprint density at radius 3 is 2.22 bits per heavy atom. The van der Waals surface area contributed by atoms with E-state index in [0.717, 1.165) is 5.56 Å². The van der Waals surface area contributed by atoms with Crippen LogP contribution in [0.1, 0.15) is 15.9 Å². The first-order valence-corrected chi connectivity index (χ1v) is 7.29. The Balaban J connectivity index is 2.21. The quantitative estimate of drug-likeness (QED) is 0.880. The minimum Gasteiger partial charge on any atom is -0.496 e. The van der Waals surface area contributed by atoms with Gasteiger partial charge >= 0.3 is 0 Å². The van der Waals surface area contributed by atoms with Crippen molar-refractivity contribution in [3.8, 4) is 17.2 Å². The second-order valence-electron chi connectivity index (χ2n) is 4.70. The largest absolute Gasteiger partial charge is 0.496 e. The van der Waals surface area contributed by atoms with Crippen molar-refractivity contribution in [2.75, 3.05) is 21.3 Å². The maximum atomic E-state index is 12.2. The van der Waals surface area contributed by atoms with Gasteiger partial charge in [0.1, 0.15) is 17.2 Å². The van der Waals surface area contributed by atoms with Gasteiger partial charge in [-0.05, 0) is 18.2 Å². The topological polar surface area (TPSA) is 56.8 Å². The minimum atomic E-state index is -0.229. The molecule has 6 heteroatoms. The zero-order valence-electron chi connectivity index (χ0n) is 13.2. The molecule has 0 spiro atoms. The van der Waals surface area contributed by atoms with Crippen LogP contribution in [0.25, 0.3) is 0 Å². The predicted octanol–water partition coefficient (Wildman–Crippen LogP) is 3.30. The third-order valence-electron chi connectivity index (χ3n) is 3.33. The monoisotopic (exact) mass is 335 g/mol. The second kappa shape index (κ2) is 7.74. The van der Waals surface area contributed by atoms with Crippen molar-refractivity contribution in [3.63, 3.8) is 0 Å². The number of nitrogens with one attached hydrogen (secondary N) is 1. The third kappa shape index (κ3) is 4.07. The SMILES string of the molecule is COc1cc(OC)c(CNC(=O)c2cccc(Cl)c2)c(OC)c1. The lowest BCUT2D eigenvalue weighted by Gasteiger charge is -2.15. The molecule has 122 valence electrons. The van der Waals surface area contributed by atoms with Crippen LogP contribution in [-0.2, 0) is 6.54 Å². The van der Waals surface area contributed by atoms with Gasteiger partial charge in [0.2, 0.25) is 0 Å². The molecule has 2 rings (SSSR count). The van der Waals surface area contributed by atoms with Crippen LogP contribution in [0.3, 0.4) is 0 Å². The fourth-order valence-corrected chi connectivity index (χ4v) is 2.34. The fraction of sp³-hybridized carbons (Fsp3) is 0.235. The van der Waals surface area contributed by atoms with E-state index in [1.54, 1.807) is 57.7 Å². The van der Waals surface area contributed by atoms with E-state index in [-0.39, 0.29) is 12.5 Å². The van der Waals surface area contributed by atoms with Gasteiger partial charge in [-0.3, -0.25) is 4.79 Å². The molecule has 0 bridgehead atoms. The van der Waals surface area contributed by atoms with Gasteiger partial charge in [-0.15, -0.1) is 0 Å². The lowest BCUT2D eigenvalue weighted by atomic mass is 10.1. The zero-order valence-corrected chi connectivity index (χ0v) is 13.9. The zero-order chi connectivity index (χ0) is 16.8. The van der Waals surface area contributed by atoms with Crippen LogP contribution >= 0.6 is 11.6 Å². The normalized spacial score (nSPS) is 10.1.